The molecule has 3 aliphatic rings. The Bertz CT molecular complexity index is 236. The molecule has 1 fully saturated rings. The van der Waals surface area contributed by atoms with Crippen LogP contribution in [0.5, 0.6) is 0 Å². The maximum Gasteiger partial charge on any atom is -0.0146 e. The van der Waals surface area contributed by atoms with E-state index in [0.29, 0.717) is 5.41 Å². The Morgan fingerprint density at radius 3 is 2.69 bits per heavy atom. The topological polar surface area (TPSA) is 0 Å². The first-order chi connectivity index (χ1) is 6.04. The van der Waals surface area contributed by atoms with Crippen molar-refractivity contribution in [3.05, 3.63) is 11.6 Å². The summed E-state index contributed by atoms with van der Waals surface area (Å²) in [5.74, 6) is 2.79. The van der Waals surface area contributed by atoms with E-state index < -0.39 is 0 Å². The average Bonchev–Trinajstić information content (AvgIpc) is 2.02. The Labute approximate surface area is 82.4 Å². The summed E-state index contributed by atoms with van der Waals surface area (Å²) in [6.07, 6.45) is 6.73. The van der Waals surface area contributed by atoms with Crippen molar-refractivity contribution in [1.82, 2.24) is 0 Å². The van der Waals surface area contributed by atoms with Crippen molar-refractivity contribution in [2.24, 2.45) is 23.2 Å². The van der Waals surface area contributed by atoms with Gasteiger partial charge < -0.3 is 0 Å². The van der Waals surface area contributed by atoms with Crippen molar-refractivity contribution >= 4 is 0 Å². The molecule has 0 N–H and O–H groups in total. The second-order valence-electron chi connectivity index (χ2n) is 5.77. The highest BCUT2D eigenvalue weighted by Gasteiger charge is 2.52. The molecule has 0 radical (unpaired) electrons. The molecule has 3 atom stereocenters. The van der Waals surface area contributed by atoms with Crippen molar-refractivity contribution in [3.63, 3.8) is 0 Å². The molecule has 0 aromatic carbocycles. The first-order valence-corrected chi connectivity index (χ1v) is 5.70. The van der Waals surface area contributed by atoms with E-state index in [1.165, 1.54) is 19.3 Å². The van der Waals surface area contributed by atoms with E-state index in [2.05, 4.69) is 33.8 Å². The third kappa shape index (κ3) is 1.26. The van der Waals surface area contributed by atoms with Gasteiger partial charge >= 0.3 is 0 Å². The fourth-order valence-electron chi connectivity index (χ4n) is 3.68. The van der Waals surface area contributed by atoms with Gasteiger partial charge in [-0.15, -0.1) is 0 Å². The maximum absolute atomic E-state index is 2.52. The molecule has 0 heteroatoms. The van der Waals surface area contributed by atoms with Crippen LogP contribution in [0, 0.1) is 23.2 Å². The van der Waals surface area contributed by atoms with Crippen LogP contribution in [-0.2, 0) is 0 Å². The molecular weight excluding hydrogens is 156 g/mol. The minimum atomic E-state index is 0.660. The number of fused-ring (bicyclic) bond motifs is 1. The fourth-order valence-corrected chi connectivity index (χ4v) is 3.68. The molecule has 0 amide bonds. The normalized spacial score (nSPS) is 43.0. The van der Waals surface area contributed by atoms with Crippen LogP contribution in [-0.4, -0.2) is 0 Å². The summed E-state index contributed by atoms with van der Waals surface area (Å²) in [6, 6.07) is 0. The Morgan fingerprint density at radius 1 is 1.54 bits per heavy atom. The molecule has 2 bridgehead atoms. The molecule has 0 nitrogen and oxygen atoms in total. The maximum atomic E-state index is 2.52. The van der Waals surface area contributed by atoms with Gasteiger partial charge in [0, 0.05) is 0 Å². The van der Waals surface area contributed by atoms with Crippen molar-refractivity contribution in [2.45, 2.75) is 47.0 Å². The van der Waals surface area contributed by atoms with Crippen molar-refractivity contribution in [3.8, 4) is 0 Å². The predicted octanol–water partition coefficient (Wildman–Crippen LogP) is 4.02. The number of hydrogen-bond donors (Lipinski definition) is 0. The van der Waals surface area contributed by atoms with Gasteiger partial charge in [-0.2, -0.15) is 0 Å². The van der Waals surface area contributed by atoms with Gasteiger partial charge in [-0.05, 0) is 49.4 Å². The van der Waals surface area contributed by atoms with Crippen LogP contribution in [0.3, 0.4) is 0 Å². The summed E-state index contributed by atoms with van der Waals surface area (Å²) in [5.41, 5.74) is 2.33. The van der Waals surface area contributed by atoms with Gasteiger partial charge in [0.05, 0.1) is 0 Å². The van der Waals surface area contributed by atoms with Crippen LogP contribution in [0.15, 0.2) is 11.6 Å². The Morgan fingerprint density at radius 2 is 2.23 bits per heavy atom. The summed E-state index contributed by atoms with van der Waals surface area (Å²) >= 11 is 0. The lowest BCUT2D eigenvalue weighted by molar-refractivity contribution is -0.0419. The zero-order chi connectivity index (χ0) is 9.64. The molecule has 3 aliphatic carbocycles. The molecule has 0 aromatic heterocycles. The number of allylic oxidation sites excluding steroid dienone is 2. The molecule has 0 aliphatic heterocycles. The highest BCUT2D eigenvalue weighted by atomic mass is 14.6. The summed E-state index contributed by atoms with van der Waals surface area (Å²) in [4.78, 5) is 0. The standard InChI is InChI=1S/C13H22/c1-9(2)8-13(4)11-6-5-10(3)12(13)7-11/h5,9,11-12H,6-8H2,1-4H3/t11-,12-,13+/m0/s1. The first-order valence-electron chi connectivity index (χ1n) is 5.70. The minimum Gasteiger partial charge on any atom is -0.0850 e. The molecule has 0 aromatic rings. The lowest BCUT2D eigenvalue weighted by Crippen LogP contribution is -2.50. The highest BCUT2D eigenvalue weighted by Crippen LogP contribution is 2.61. The highest BCUT2D eigenvalue weighted by molar-refractivity contribution is 5.22. The van der Waals surface area contributed by atoms with Crippen LogP contribution < -0.4 is 0 Å². The molecule has 0 saturated heterocycles. The molecule has 3 rings (SSSR count). The minimum absolute atomic E-state index is 0.660. The molecule has 13 heavy (non-hydrogen) atoms. The predicted molar refractivity (Wildman–Crippen MR) is 57.5 cm³/mol. The molecule has 0 spiro atoms. The van der Waals surface area contributed by atoms with E-state index in [0.717, 1.165) is 17.8 Å². The lowest BCUT2D eigenvalue weighted by atomic mass is 9.46. The quantitative estimate of drug-likeness (QED) is 0.560. The van der Waals surface area contributed by atoms with E-state index >= 15 is 0 Å². The molecule has 0 unspecified atom stereocenters. The Hall–Kier alpha value is -0.260. The van der Waals surface area contributed by atoms with Crippen molar-refractivity contribution < 1.29 is 0 Å². The smallest absolute Gasteiger partial charge is 0.0146 e. The Kier molecular flexibility index (Phi) is 2.05. The van der Waals surface area contributed by atoms with Gasteiger partial charge in [0.2, 0.25) is 0 Å². The van der Waals surface area contributed by atoms with Crippen molar-refractivity contribution in [2.75, 3.05) is 0 Å². The molecular formula is C13H22. The lowest BCUT2D eigenvalue weighted by Gasteiger charge is -2.58. The monoisotopic (exact) mass is 178 g/mol. The summed E-state index contributed by atoms with van der Waals surface area (Å²) in [5, 5.41) is 0. The van der Waals surface area contributed by atoms with Gasteiger partial charge in [0.1, 0.15) is 0 Å². The third-order valence-corrected chi connectivity index (χ3v) is 4.37. The van der Waals surface area contributed by atoms with Gasteiger partial charge in [0.25, 0.3) is 0 Å². The third-order valence-electron chi connectivity index (χ3n) is 4.37. The summed E-state index contributed by atoms with van der Waals surface area (Å²) in [6.45, 7) is 9.57. The van der Waals surface area contributed by atoms with Crippen LogP contribution in [0.25, 0.3) is 0 Å². The first kappa shape index (κ1) is 9.30. The zero-order valence-corrected chi connectivity index (χ0v) is 9.43. The number of rotatable bonds is 2. The van der Waals surface area contributed by atoms with E-state index in [4.69, 9.17) is 0 Å². The zero-order valence-electron chi connectivity index (χ0n) is 9.43. The van der Waals surface area contributed by atoms with Gasteiger partial charge in [-0.25, -0.2) is 0 Å². The Balaban J connectivity index is 2.14. The van der Waals surface area contributed by atoms with Crippen LogP contribution in [0.4, 0.5) is 0 Å². The van der Waals surface area contributed by atoms with E-state index in [-0.39, 0.29) is 0 Å². The SMILES string of the molecule is CC1=CC[C@H]2C[C@@H]1[C@]2(C)CC(C)C. The van der Waals surface area contributed by atoms with Crippen molar-refractivity contribution in [1.29, 1.82) is 0 Å². The fraction of sp³-hybridized carbons (Fsp3) is 0.846. The van der Waals surface area contributed by atoms with Gasteiger partial charge in [0.15, 0.2) is 0 Å². The van der Waals surface area contributed by atoms with Crippen LogP contribution in [0.2, 0.25) is 0 Å². The second-order valence-corrected chi connectivity index (χ2v) is 5.77. The molecule has 0 heterocycles. The molecule has 1 saturated carbocycles. The largest absolute Gasteiger partial charge is 0.0850 e. The summed E-state index contributed by atoms with van der Waals surface area (Å²) < 4.78 is 0. The van der Waals surface area contributed by atoms with Gasteiger partial charge in [-0.1, -0.05) is 32.4 Å². The second kappa shape index (κ2) is 2.87. The summed E-state index contributed by atoms with van der Waals surface area (Å²) in [7, 11) is 0. The van der Waals surface area contributed by atoms with E-state index in [1.54, 1.807) is 5.57 Å². The molecule has 74 valence electrons. The van der Waals surface area contributed by atoms with E-state index in [9.17, 15) is 0 Å². The average molecular weight is 178 g/mol. The van der Waals surface area contributed by atoms with Gasteiger partial charge in [-0.3, -0.25) is 0 Å². The van der Waals surface area contributed by atoms with Crippen LogP contribution >= 0.6 is 0 Å². The van der Waals surface area contributed by atoms with Crippen LogP contribution in [0.1, 0.15) is 47.0 Å². The van der Waals surface area contributed by atoms with E-state index in [1.807, 2.05) is 0 Å². The number of hydrogen-bond acceptors (Lipinski definition) is 0.